The molecule has 1 unspecified atom stereocenters. The highest BCUT2D eigenvalue weighted by atomic mass is 16.6. The van der Waals surface area contributed by atoms with Gasteiger partial charge in [-0.25, -0.2) is 9.59 Å². The van der Waals surface area contributed by atoms with Gasteiger partial charge in [-0.15, -0.1) is 0 Å². The number of hydrogen-bond donors (Lipinski definition) is 0. The largest absolute Gasteiger partial charge is 0.458 e. The highest BCUT2D eigenvalue weighted by Crippen LogP contribution is 2.11. The monoisotopic (exact) mass is 326 g/mol. The molecule has 2 rings (SSSR count). The number of ether oxygens (including phenoxy) is 2. The third kappa shape index (κ3) is 5.54. The van der Waals surface area contributed by atoms with Crippen LogP contribution in [0.5, 0.6) is 0 Å². The maximum Gasteiger partial charge on any atom is 0.338 e. The van der Waals surface area contributed by atoms with Crippen molar-refractivity contribution in [3.63, 3.8) is 0 Å². The molecule has 0 aliphatic rings. The van der Waals surface area contributed by atoms with E-state index in [9.17, 15) is 9.59 Å². The number of hydrogen-bond acceptors (Lipinski definition) is 4. The van der Waals surface area contributed by atoms with Crippen molar-refractivity contribution >= 4 is 11.9 Å². The van der Waals surface area contributed by atoms with Crippen LogP contribution < -0.4 is 0 Å². The van der Waals surface area contributed by atoms with E-state index in [0.717, 1.165) is 12.8 Å². The molecule has 0 N–H and O–H groups in total. The average molecular weight is 326 g/mol. The highest BCUT2D eigenvalue weighted by Gasteiger charge is 2.18. The van der Waals surface area contributed by atoms with Crippen LogP contribution in [-0.2, 0) is 9.47 Å². The van der Waals surface area contributed by atoms with Crippen LogP contribution in [-0.4, -0.2) is 24.6 Å². The number of unbranched alkanes of at least 4 members (excludes halogenated alkanes) is 1. The van der Waals surface area contributed by atoms with Crippen molar-refractivity contribution in [3.05, 3.63) is 71.8 Å². The molecular formula is C20H22O4. The summed E-state index contributed by atoms with van der Waals surface area (Å²) in [5, 5.41) is 0. The Bertz CT molecular complexity index is 637. The zero-order chi connectivity index (χ0) is 17.2. The second-order valence-electron chi connectivity index (χ2n) is 5.50. The van der Waals surface area contributed by atoms with Crippen LogP contribution >= 0.6 is 0 Å². The van der Waals surface area contributed by atoms with Crippen molar-refractivity contribution in [2.24, 2.45) is 0 Å². The first-order valence-electron chi connectivity index (χ1n) is 8.19. The van der Waals surface area contributed by atoms with Crippen molar-refractivity contribution in [2.75, 3.05) is 6.61 Å². The van der Waals surface area contributed by atoms with Gasteiger partial charge >= 0.3 is 11.9 Å². The summed E-state index contributed by atoms with van der Waals surface area (Å²) >= 11 is 0. The summed E-state index contributed by atoms with van der Waals surface area (Å²) in [6.45, 7) is 2.12. The number of carbonyl (C=O) groups excluding carboxylic acids is 2. The first-order valence-corrected chi connectivity index (χ1v) is 8.19. The van der Waals surface area contributed by atoms with Gasteiger partial charge in [0.25, 0.3) is 0 Å². The molecule has 0 amide bonds. The molecule has 0 radical (unpaired) electrons. The summed E-state index contributed by atoms with van der Waals surface area (Å²) in [6, 6.07) is 17.6. The molecule has 126 valence electrons. The first kappa shape index (κ1) is 17.7. The van der Waals surface area contributed by atoms with E-state index in [1.54, 1.807) is 48.5 Å². The van der Waals surface area contributed by atoms with Gasteiger partial charge in [-0.3, -0.25) is 0 Å². The van der Waals surface area contributed by atoms with E-state index in [-0.39, 0.29) is 6.61 Å². The minimum Gasteiger partial charge on any atom is -0.458 e. The van der Waals surface area contributed by atoms with Gasteiger partial charge in [-0.05, 0) is 37.1 Å². The minimum atomic E-state index is -0.440. The van der Waals surface area contributed by atoms with Gasteiger partial charge in [0.2, 0.25) is 0 Å². The van der Waals surface area contributed by atoms with Crippen LogP contribution in [0.1, 0.15) is 46.9 Å². The van der Waals surface area contributed by atoms with Gasteiger partial charge in [0.15, 0.2) is 0 Å². The first-order chi connectivity index (χ1) is 11.7. The van der Waals surface area contributed by atoms with Gasteiger partial charge in [-0.1, -0.05) is 49.7 Å². The van der Waals surface area contributed by atoms with E-state index in [2.05, 4.69) is 6.92 Å². The summed E-state index contributed by atoms with van der Waals surface area (Å²) < 4.78 is 10.8. The normalized spacial score (nSPS) is 11.5. The van der Waals surface area contributed by atoms with Crippen molar-refractivity contribution in [2.45, 2.75) is 32.3 Å². The molecule has 4 nitrogen and oxygen atoms in total. The van der Waals surface area contributed by atoms with Gasteiger partial charge in [0.05, 0.1) is 11.1 Å². The Hall–Kier alpha value is -2.62. The quantitative estimate of drug-likeness (QED) is 0.680. The molecule has 0 fully saturated rings. The Morgan fingerprint density at radius 1 is 0.875 bits per heavy atom. The fourth-order valence-electron chi connectivity index (χ4n) is 2.23. The lowest BCUT2D eigenvalue weighted by molar-refractivity contribution is -0.00329. The van der Waals surface area contributed by atoms with Gasteiger partial charge in [0.1, 0.15) is 12.7 Å². The predicted octanol–water partition coefficient (Wildman–Crippen LogP) is 4.26. The molecule has 2 aromatic carbocycles. The standard InChI is InChI=1S/C20H22O4/c1-2-3-14-18(24-20(22)17-12-8-5-9-13-17)15-23-19(21)16-10-6-4-7-11-16/h4-13,18H,2-3,14-15H2,1H3. The number of esters is 2. The fourth-order valence-corrected chi connectivity index (χ4v) is 2.23. The maximum absolute atomic E-state index is 12.2. The lowest BCUT2D eigenvalue weighted by atomic mass is 10.1. The molecule has 24 heavy (non-hydrogen) atoms. The molecule has 0 aliphatic heterocycles. The Morgan fingerprint density at radius 2 is 1.42 bits per heavy atom. The number of carbonyl (C=O) groups is 2. The molecule has 1 atom stereocenters. The van der Waals surface area contributed by atoms with E-state index in [1.807, 2.05) is 12.1 Å². The van der Waals surface area contributed by atoms with E-state index >= 15 is 0 Å². The van der Waals surface area contributed by atoms with Gasteiger partial charge in [-0.2, -0.15) is 0 Å². The Balaban J connectivity index is 1.93. The van der Waals surface area contributed by atoms with Gasteiger partial charge in [0, 0.05) is 0 Å². The Kier molecular flexibility index (Phi) is 7.02. The van der Waals surface area contributed by atoms with Crippen LogP contribution in [0.3, 0.4) is 0 Å². The highest BCUT2D eigenvalue weighted by molar-refractivity contribution is 5.90. The van der Waals surface area contributed by atoms with Crippen LogP contribution in [0.25, 0.3) is 0 Å². The summed E-state index contributed by atoms with van der Waals surface area (Å²) in [5.74, 6) is -0.805. The summed E-state index contributed by atoms with van der Waals surface area (Å²) in [4.78, 5) is 24.2. The fraction of sp³-hybridized carbons (Fsp3) is 0.300. The van der Waals surface area contributed by atoms with Crippen LogP contribution in [0.15, 0.2) is 60.7 Å². The average Bonchev–Trinajstić information content (AvgIpc) is 2.65. The lowest BCUT2D eigenvalue weighted by Gasteiger charge is -2.18. The second-order valence-corrected chi connectivity index (χ2v) is 5.50. The minimum absolute atomic E-state index is 0.0618. The lowest BCUT2D eigenvalue weighted by Crippen LogP contribution is -2.25. The van der Waals surface area contributed by atoms with E-state index in [0.29, 0.717) is 17.5 Å². The molecule has 4 heteroatoms. The zero-order valence-electron chi connectivity index (χ0n) is 13.8. The third-order valence-corrected chi connectivity index (χ3v) is 3.57. The molecule has 0 aliphatic carbocycles. The predicted molar refractivity (Wildman–Crippen MR) is 91.9 cm³/mol. The molecular weight excluding hydrogens is 304 g/mol. The number of rotatable bonds is 8. The van der Waals surface area contributed by atoms with E-state index < -0.39 is 18.0 Å². The SMILES string of the molecule is CCCCC(COC(=O)c1ccccc1)OC(=O)c1ccccc1. The number of benzene rings is 2. The van der Waals surface area contributed by atoms with Gasteiger partial charge < -0.3 is 9.47 Å². The molecule has 0 saturated carbocycles. The molecule has 0 heterocycles. The smallest absolute Gasteiger partial charge is 0.338 e. The molecule has 0 bridgehead atoms. The van der Waals surface area contributed by atoms with Crippen molar-refractivity contribution < 1.29 is 19.1 Å². The van der Waals surface area contributed by atoms with Crippen LogP contribution in [0.2, 0.25) is 0 Å². The molecule has 0 spiro atoms. The summed E-state index contributed by atoms with van der Waals surface area (Å²) in [5.41, 5.74) is 0.981. The van der Waals surface area contributed by atoms with Crippen molar-refractivity contribution in [1.29, 1.82) is 0 Å². The summed E-state index contributed by atoms with van der Waals surface area (Å²) in [6.07, 6.45) is 2.10. The Morgan fingerprint density at radius 3 is 1.96 bits per heavy atom. The molecule has 0 saturated heterocycles. The molecule has 0 aromatic heterocycles. The van der Waals surface area contributed by atoms with Crippen molar-refractivity contribution in [1.82, 2.24) is 0 Å². The molecule has 2 aromatic rings. The summed E-state index contributed by atoms with van der Waals surface area (Å²) in [7, 11) is 0. The van der Waals surface area contributed by atoms with Crippen LogP contribution in [0.4, 0.5) is 0 Å². The van der Waals surface area contributed by atoms with E-state index in [4.69, 9.17) is 9.47 Å². The van der Waals surface area contributed by atoms with E-state index in [1.165, 1.54) is 0 Å². The third-order valence-electron chi connectivity index (χ3n) is 3.57. The van der Waals surface area contributed by atoms with Crippen molar-refractivity contribution in [3.8, 4) is 0 Å². The zero-order valence-corrected chi connectivity index (χ0v) is 13.8. The topological polar surface area (TPSA) is 52.6 Å². The second kappa shape index (κ2) is 9.50. The maximum atomic E-state index is 12.2. The Labute approximate surface area is 142 Å². The van der Waals surface area contributed by atoms with Crippen LogP contribution in [0, 0.1) is 0 Å².